The van der Waals surface area contributed by atoms with Gasteiger partial charge in [-0.2, -0.15) is 0 Å². The molecule has 1 aliphatic rings. The molecule has 4 rings (SSSR count). The van der Waals surface area contributed by atoms with Crippen molar-refractivity contribution in [2.24, 2.45) is 0 Å². The number of carbonyl (C=O) groups excluding carboxylic acids is 2. The normalized spacial score (nSPS) is 14.3. The largest absolute Gasteiger partial charge is 0.497 e. The first-order valence-corrected chi connectivity index (χ1v) is 17.1. The van der Waals surface area contributed by atoms with Crippen LogP contribution in [0.5, 0.6) is 11.5 Å². The van der Waals surface area contributed by atoms with Crippen LogP contribution in [-0.4, -0.2) is 58.0 Å². The highest BCUT2D eigenvalue weighted by Crippen LogP contribution is 2.36. The topological polar surface area (TPSA) is 105 Å². The Labute approximate surface area is 275 Å². The molecule has 242 valence electrons. The summed E-state index contributed by atoms with van der Waals surface area (Å²) in [5, 5.41) is 3.79. The van der Waals surface area contributed by atoms with Crippen molar-refractivity contribution in [3.63, 3.8) is 0 Å². The van der Waals surface area contributed by atoms with Gasteiger partial charge in [0.15, 0.2) is 0 Å². The molecular formula is C33H39Cl2N3O6S. The van der Waals surface area contributed by atoms with Gasteiger partial charge in [0.1, 0.15) is 24.1 Å². The van der Waals surface area contributed by atoms with Crippen LogP contribution in [0.2, 0.25) is 10.0 Å². The molecule has 3 aromatic carbocycles. The van der Waals surface area contributed by atoms with Crippen LogP contribution >= 0.6 is 23.2 Å². The lowest BCUT2D eigenvalue weighted by Gasteiger charge is -2.34. The van der Waals surface area contributed by atoms with Gasteiger partial charge >= 0.3 is 0 Å². The van der Waals surface area contributed by atoms with E-state index in [9.17, 15) is 18.0 Å². The molecule has 1 unspecified atom stereocenters. The molecule has 3 aromatic rings. The van der Waals surface area contributed by atoms with E-state index in [2.05, 4.69) is 5.32 Å². The third-order valence-corrected chi connectivity index (χ3v) is 10.5. The van der Waals surface area contributed by atoms with Crippen LogP contribution in [0.4, 0.5) is 5.69 Å². The molecule has 1 saturated carbocycles. The second-order valence-electron chi connectivity index (χ2n) is 10.9. The molecule has 12 heteroatoms. The van der Waals surface area contributed by atoms with Gasteiger partial charge in [0, 0.05) is 18.7 Å². The highest BCUT2D eigenvalue weighted by molar-refractivity contribution is 7.92. The summed E-state index contributed by atoms with van der Waals surface area (Å²) in [6.45, 7) is 1.21. The van der Waals surface area contributed by atoms with Crippen LogP contribution in [0.15, 0.2) is 71.6 Å². The minimum atomic E-state index is -4.29. The van der Waals surface area contributed by atoms with Gasteiger partial charge in [-0.15, -0.1) is 0 Å². The molecule has 0 aliphatic heterocycles. The van der Waals surface area contributed by atoms with E-state index in [0.29, 0.717) is 27.8 Å². The van der Waals surface area contributed by atoms with Gasteiger partial charge in [-0.05, 0) is 61.2 Å². The molecular weight excluding hydrogens is 637 g/mol. The van der Waals surface area contributed by atoms with E-state index in [-0.39, 0.29) is 34.8 Å². The Hall–Kier alpha value is -3.47. The Bertz CT molecular complexity index is 1580. The second-order valence-corrected chi connectivity index (χ2v) is 13.6. The average Bonchev–Trinajstić information content (AvgIpc) is 3.05. The highest BCUT2D eigenvalue weighted by Gasteiger charge is 2.35. The number of sulfonamides is 1. The van der Waals surface area contributed by atoms with Gasteiger partial charge in [-0.25, -0.2) is 8.42 Å². The Morgan fingerprint density at radius 2 is 1.64 bits per heavy atom. The maximum Gasteiger partial charge on any atom is 0.264 e. The minimum Gasteiger partial charge on any atom is -0.497 e. The summed E-state index contributed by atoms with van der Waals surface area (Å²) in [6.07, 6.45) is 5.25. The fraction of sp³-hybridized carbons (Fsp3) is 0.394. The molecule has 0 saturated heterocycles. The lowest BCUT2D eigenvalue weighted by Crippen LogP contribution is -2.54. The van der Waals surface area contributed by atoms with Crippen molar-refractivity contribution < 1.29 is 27.5 Å². The Balaban J connectivity index is 1.77. The van der Waals surface area contributed by atoms with E-state index in [0.717, 1.165) is 36.4 Å². The van der Waals surface area contributed by atoms with E-state index in [1.807, 2.05) is 6.92 Å². The van der Waals surface area contributed by atoms with E-state index in [1.165, 1.54) is 37.3 Å². The number of ether oxygens (including phenoxy) is 2. The van der Waals surface area contributed by atoms with E-state index < -0.39 is 28.5 Å². The summed E-state index contributed by atoms with van der Waals surface area (Å²) in [7, 11) is -1.41. The van der Waals surface area contributed by atoms with Crippen molar-refractivity contribution >= 4 is 50.7 Å². The molecule has 2 amide bonds. The molecule has 0 spiro atoms. The highest BCUT2D eigenvalue weighted by atomic mass is 35.5. The zero-order valence-electron chi connectivity index (χ0n) is 25.7. The van der Waals surface area contributed by atoms with Gasteiger partial charge in [-0.1, -0.05) is 73.7 Å². The number of benzene rings is 3. The van der Waals surface area contributed by atoms with Crippen LogP contribution in [-0.2, 0) is 26.2 Å². The van der Waals surface area contributed by atoms with Crippen LogP contribution in [0.25, 0.3) is 0 Å². The van der Waals surface area contributed by atoms with Crippen molar-refractivity contribution in [1.82, 2.24) is 10.2 Å². The van der Waals surface area contributed by atoms with Crippen LogP contribution in [0.1, 0.15) is 51.0 Å². The Morgan fingerprint density at radius 3 is 2.27 bits per heavy atom. The summed E-state index contributed by atoms with van der Waals surface area (Å²) in [4.78, 5) is 29.6. The lowest BCUT2D eigenvalue weighted by atomic mass is 9.95. The number of hydrogen-bond donors (Lipinski definition) is 1. The Morgan fingerprint density at radius 1 is 0.933 bits per heavy atom. The quantitative estimate of drug-likeness (QED) is 0.223. The summed E-state index contributed by atoms with van der Waals surface area (Å²) >= 11 is 12.5. The fourth-order valence-electron chi connectivity index (χ4n) is 5.52. The summed E-state index contributed by atoms with van der Waals surface area (Å²) in [5.74, 6) is -0.274. The van der Waals surface area contributed by atoms with Crippen molar-refractivity contribution in [3.05, 3.63) is 82.3 Å². The van der Waals surface area contributed by atoms with E-state index >= 15 is 0 Å². The number of nitrogens with one attached hydrogen (secondary N) is 1. The number of amides is 2. The number of hydrogen-bond acceptors (Lipinski definition) is 6. The first kappa shape index (κ1) is 34.4. The van der Waals surface area contributed by atoms with Gasteiger partial charge in [0.05, 0.1) is 34.8 Å². The number of carbonyl (C=O) groups is 2. The third-order valence-electron chi connectivity index (χ3n) is 7.94. The Kier molecular flexibility index (Phi) is 12.0. The van der Waals surface area contributed by atoms with Crippen LogP contribution in [0.3, 0.4) is 0 Å². The summed E-state index contributed by atoms with van der Waals surface area (Å²) in [5.41, 5.74) is 0.751. The average molecular weight is 677 g/mol. The van der Waals surface area contributed by atoms with E-state index in [1.54, 1.807) is 48.5 Å². The zero-order valence-corrected chi connectivity index (χ0v) is 28.0. The zero-order chi connectivity index (χ0) is 32.6. The molecule has 0 bridgehead atoms. The third kappa shape index (κ3) is 8.42. The number of halogens is 2. The van der Waals surface area contributed by atoms with Gasteiger partial charge in [0.2, 0.25) is 11.8 Å². The fourth-order valence-corrected chi connectivity index (χ4v) is 7.28. The van der Waals surface area contributed by atoms with Gasteiger partial charge in [0.25, 0.3) is 10.0 Å². The second kappa shape index (κ2) is 15.7. The maximum absolute atomic E-state index is 14.4. The van der Waals surface area contributed by atoms with E-state index in [4.69, 9.17) is 32.7 Å². The monoisotopic (exact) mass is 675 g/mol. The summed E-state index contributed by atoms with van der Waals surface area (Å²) in [6, 6.07) is 16.7. The number of methoxy groups -OCH3 is 2. The van der Waals surface area contributed by atoms with Crippen LogP contribution in [0, 0.1) is 0 Å². The first-order chi connectivity index (χ1) is 21.6. The molecule has 0 aromatic heterocycles. The molecule has 1 fully saturated rings. The smallest absolute Gasteiger partial charge is 0.264 e. The van der Waals surface area contributed by atoms with Gasteiger partial charge < -0.3 is 19.7 Å². The van der Waals surface area contributed by atoms with Gasteiger partial charge in [-0.3, -0.25) is 13.9 Å². The number of rotatable bonds is 13. The number of nitrogens with zero attached hydrogens (tertiary/aromatic N) is 2. The molecule has 0 radical (unpaired) electrons. The van der Waals surface area contributed by atoms with Crippen molar-refractivity contribution in [2.75, 3.05) is 25.1 Å². The summed E-state index contributed by atoms with van der Waals surface area (Å²) < 4.78 is 40.3. The predicted octanol–water partition coefficient (Wildman–Crippen LogP) is 6.46. The SMILES string of the molecule is CCC(C(=O)NC1CCCCC1)N(Cc1ccc(Cl)c(Cl)c1)C(=O)CN(c1cc(OC)ccc1OC)S(=O)(=O)c1ccccc1. The van der Waals surface area contributed by atoms with Crippen molar-refractivity contribution in [1.29, 1.82) is 0 Å². The predicted molar refractivity (Wildman–Crippen MR) is 177 cm³/mol. The molecule has 45 heavy (non-hydrogen) atoms. The molecule has 1 aliphatic carbocycles. The number of anilines is 1. The lowest BCUT2D eigenvalue weighted by molar-refractivity contribution is -0.140. The van der Waals surface area contributed by atoms with Crippen LogP contribution < -0.4 is 19.1 Å². The van der Waals surface area contributed by atoms with Crippen molar-refractivity contribution in [3.8, 4) is 11.5 Å². The minimum absolute atomic E-state index is 0.000780. The molecule has 9 nitrogen and oxygen atoms in total. The standard InChI is InChI=1S/C33H39Cl2N3O6S/c1-4-29(33(40)36-24-11-7-5-8-12-24)37(21-23-15-17-27(34)28(35)19-23)32(39)22-38(45(41,42)26-13-9-6-10-14-26)30-20-25(43-2)16-18-31(30)44-3/h6,9-10,13-20,24,29H,4-5,7-8,11-12,21-22H2,1-3H3,(H,36,40). The van der Waals surface area contributed by atoms with Crippen molar-refractivity contribution in [2.45, 2.75) is 69.0 Å². The maximum atomic E-state index is 14.4. The molecule has 0 heterocycles. The molecule has 1 atom stereocenters. The molecule has 1 N–H and O–H groups in total. The first-order valence-electron chi connectivity index (χ1n) is 14.9.